The fourth-order valence-corrected chi connectivity index (χ4v) is 3.16. The molecular formula is C19H26N4O5S. The predicted molar refractivity (Wildman–Crippen MR) is 108 cm³/mol. The summed E-state index contributed by atoms with van der Waals surface area (Å²) in [4.78, 5) is 23.7. The quantitative estimate of drug-likeness (QED) is 0.415. The van der Waals surface area contributed by atoms with E-state index >= 15 is 0 Å². The van der Waals surface area contributed by atoms with Crippen LogP contribution < -0.4 is 10.2 Å². The number of hydrazine groups is 1. The molecule has 0 spiro atoms. The van der Waals surface area contributed by atoms with E-state index in [1.54, 1.807) is 29.3 Å². The lowest BCUT2D eigenvalue weighted by molar-refractivity contribution is -0.141. The van der Waals surface area contributed by atoms with Crippen molar-refractivity contribution in [3.05, 3.63) is 41.6 Å². The van der Waals surface area contributed by atoms with Crippen molar-refractivity contribution in [2.24, 2.45) is 0 Å². The lowest BCUT2D eigenvalue weighted by atomic mass is 10.0. The van der Waals surface area contributed by atoms with Gasteiger partial charge in [-0.15, -0.1) is 4.37 Å². The summed E-state index contributed by atoms with van der Waals surface area (Å²) in [6.45, 7) is 4.36. The minimum Gasteiger partial charge on any atom is -0.473 e. The highest BCUT2D eigenvalue weighted by molar-refractivity contribution is 6.99. The van der Waals surface area contributed by atoms with Gasteiger partial charge in [-0.05, 0) is 12.1 Å². The van der Waals surface area contributed by atoms with Crippen molar-refractivity contribution in [1.82, 2.24) is 19.2 Å². The van der Waals surface area contributed by atoms with Crippen LogP contribution in [0.5, 0.6) is 5.88 Å². The van der Waals surface area contributed by atoms with Crippen LogP contribution in [-0.2, 0) is 9.53 Å². The number of hydrogen-bond acceptors (Lipinski definition) is 9. The van der Waals surface area contributed by atoms with Crippen molar-refractivity contribution < 1.29 is 24.2 Å². The van der Waals surface area contributed by atoms with Gasteiger partial charge in [-0.1, -0.05) is 32.0 Å². The molecule has 0 saturated heterocycles. The van der Waals surface area contributed by atoms with Crippen LogP contribution in [0.15, 0.2) is 30.3 Å². The van der Waals surface area contributed by atoms with Crippen molar-refractivity contribution in [3.8, 4) is 5.88 Å². The van der Waals surface area contributed by atoms with E-state index in [4.69, 9.17) is 4.74 Å². The zero-order valence-electron chi connectivity index (χ0n) is 16.7. The van der Waals surface area contributed by atoms with Gasteiger partial charge in [0.1, 0.15) is 18.4 Å². The van der Waals surface area contributed by atoms with E-state index < -0.39 is 6.10 Å². The predicted octanol–water partition coefficient (Wildman–Crippen LogP) is 1.61. The number of rotatable bonds is 11. The molecule has 0 bridgehead atoms. The van der Waals surface area contributed by atoms with Gasteiger partial charge in [0, 0.05) is 24.6 Å². The van der Waals surface area contributed by atoms with Crippen molar-refractivity contribution in [1.29, 1.82) is 0 Å². The Labute approximate surface area is 173 Å². The molecule has 9 nitrogen and oxygen atoms in total. The zero-order valence-corrected chi connectivity index (χ0v) is 17.5. The molecule has 2 rings (SSSR count). The smallest absolute Gasteiger partial charge is 0.306 e. The second-order valence-electron chi connectivity index (χ2n) is 6.45. The number of esters is 1. The molecule has 158 valence electrons. The minimum atomic E-state index is -0.864. The van der Waals surface area contributed by atoms with E-state index in [0.717, 1.165) is 11.7 Å². The number of carbonyl (C=O) groups excluding carboxylic acids is 2. The van der Waals surface area contributed by atoms with Gasteiger partial charge >= 0.3 is 5.97 Å². The van der Waals surface area contributed by atoms with E-state index in [0.29, 0.717) is 23.7 Å². The zero-order chi connectivity index (χ0) is 21.2. The Kier molecular flexibility index (Phi) is 8.97. The second-order valence-corrected chi connectivity index (χ2v) is 6.97. The number of aliphatic hydroxyl groups excluding tert-OH is 1. The summed E-state index contributed by atoms with van der Waals surface area (Å²) < 4.78 is 18.5. The Hall–Kier alpha value is -2.56. The molecule has 0 fully saturated rings. The van der Waals surface area contributed by atoms with Crippen LogP contribution in [0.1, 0.15) is 42.2 Å². The topological polar surface area (TPSA) is 114 Å². The summed E-state index contributed by atoms with van der Waals surface area (Å²) in [5.74, 6) is -0.514. The van der Waals surface area contributed by atoms with Crippen LogP contribution in [0.3, 0.4) is 0 Å². The number of carbonyl (C=O) groups is 2. The summed E-state index contributed by atoms with van der Waals surface area (Å²) in [7, 11) is 1.33. The monoisotopic (exact) mass is 422 g/mol. The molecule has 1 aromatic carbocycles. The van der Waals surface area contributed by atoms with E-state index in [-0.39, 0.29) is 37.4 Å². The number of aliphatic hydroxyl groups is 1. The first-order valence-electron chi connectivity index (χ1n) is 9.25. The van der Waals surface area contributed by atoms with E-state index in [1.807, 2.05) is 19.9 Å². The van der Waals surface area contributed by atoms with Gasteiger partial charge in [0.05, 0.1) is 25.3 Å². The molecule has 2 unspecified atom stereocenters. The molecule has 0 aliphatic rings. The molecule has 2 aromatic rings. The van der Waals surface area contributed by atoms with Gasteiger partial charge in [-0.3, -0.25) is 15.0 Å². The lowest BCUT2D eigenvalue weighted by Gasteiger charge is -2.24. The number of nitrogens with zero attached hydrogens (tertiary/aromatic N) is 3. The number of benzene rings is 1. The Morgan fingerprint density at radius 2 is 2.00 bits per heavy atom. The standard InChI is InChI=1S/C19H26N4O5S/c1-4-23(20-18(26)14-8-6-5-7-9-14)11-15(24)12-28-19-17(21-29-22-19)13(2)10-16(25)27-3/h5-9,13,15,24H,4,10-12H2,1-3H3,(H,20,26). The third kappa shape index (κ3) is 7.08. The molecule has 29 heavy (non-hydrogen) atoms. The lowest BCUT2D eigenvalue weighted by Crippen LogP contribution is -2.47. The molecular weight excluding hydrogens is 396 g/mol. The molecule has 0 aliphatic carbocycles. The van der Waals surface area contributed by atoms with E-state index in [2.05, 4.69) is 18.9 Å². The van der Waals surface area contributed by atoms with Gasteiger partial charge in [-0.25, -0.2) is 5.01 Å². The summed E-state index contributed by atoms with van der Waals surface area (Å²) >= 11 is 0.979. The van der Waals surface area contributed by atoms with Crippen LogP contribution >= 0.6 is 11.7 Å². The maximum atomic E-state index is 12.3. The first kappa shape index (κ1) is 22.7. The first-order valence-corrected chi connectivity index (χ1v) is 9.98. The van der Waals surface area contributed by atoms with Gasteiger partial charge < -0.3 is 14.6 Å². The van der Waals surface area contributed by atoms with Crippen molar-refractivity contribution >= 4 is 23.6 Å². The maximum absolute atomic E-state index is 12.3. The number of aromatic nitrogens is 2. The molecule has 10 heteroatoms. The summed E-state index contributed by atoms with van der Waals surface area (Å²) in [5, 5.41) is 11.9. The van der Waals surface area contributed by atoms with Crippen LogP contribution in [-0.4, -0.2) is 63.6 Å². The van der Waals surface area contributed by atoms with Crippen LogP contribution in [0.4, 0.5) is 0 Å². The number of nitrogens with one attached hydrogen (secondary N) is 1. The summed E-state index contributed by atoms with van der Waals surface area (Å²) in [6.07, 6.45) is -0.702. The number of ether oxygens (including phenoxy) is 2. The molecule has 1 heterocycles. The Morgan fingerprint density at radius 3 is 2.66 bits per heavy atom. The largest absolute Gasteiger partial charge is 0.473 e. The molecule has 0 aliphatic heterocycles. The van der Waals surface area contributed by atoms with Gasteiger partial charge in [0.25, 0.3) is 5.91 Å². The van der Waals surface area contributed by atoms with Gasteiger partial charge in [0.2, 0.25) is 5.88 Å². The average Bonchev–Trinajstić information content (AvgIpc) is 3.21. The SMILES string of the molecule is CCN(CC(O)COc1nsnc1C(C)CC(=O)OC)NC(=O)c1ccccc1. The van der Waals surface area contributed by atoms with Crippen LogP contribution in [0.2, 0.25) is 0 Å². The highest BCUT2D eigenvalue weighted by atomic mass is 32.1. The number of methoxy groups -OCH3 is 1. The molecule has 0 saturated carbocycles. The van der Waals surface area contributed by atoms with Crippen LogP contribution in [0.25, 0.3) is 0 Å². The third-order valence-corrected chi connectivity index (χ3v) is 4.70. The first-order chi connectivity index (χ1) is 13.9. The van der Waals surface area contributed by atoms with Gasteiger partial charge in [0.15, 0.2) is 0 Å². The average molecular weight is 423 g/mol. The van der Waals surface area contributed by atoms with Crippen molar-refractivity contribution in [2.45, 2.75) is 32.3 Å². The highest BCUT2D eigenvalue weighted by Gasteiger charge is 2.21. The molecule has 1 aromatic heterocycles. The van der Waals surface area contributed by atoms with Gasteiger partial charge in [-0.2, -0.15) is 4.37 Å². The molecule has 0 radical (unpaired) electrons. The number of likely N-dealkylation sites (N-methyl/N-ethyl adjacent to an activating group) is 1. The number of hydrogen-bond donors (Lipinski definition) is 2. The maximum Gasteiger partial charge on any atom is 0.306 e. The highest BCUT2D eigenvalue weighted by Crippen LogP contribution is 2.27. The Bertz CT molecular complexity index is 786. The number of amides is 1. The van der Waals surface area contributed by atoms with Crippen molar-refractivity contribution in [2.75, 3.05) is 26.8 Å². The third-order valence-electron chi connectivity index (χ3n) is 4.17. The molecule has 2 N–H and O–H groups in total. The van der Waals surface area contributed by atoms with Crippen LogP contribution in [0, 0.1) is 0 Å². The minimum absolute atomic E-state index is 0.0267. The summed E-state index contributed by atoms with van der Waals surface area (Å²) in [6, 6.07) is 8.84. The normalized spacial score (nSPS) is 13.0. The van der Waals surface area contributed by atoms with E-state index in [9.17, 15) is 14.7 Å². The fraction of sp³-hybridized carbons (Fsp3) is 0.474. The Morgan fingerprint density at radius 1 is 1.28 bits per heavy atom. The van der Waals surface area contributed by atoms with E-state index in [1.165, 1.54) is 7.11 Å². The fourth-order valence-electron chi connectivity index (χ4n) is 2.55. The van der Waals surface area contributed by atoms with Crippen molar-refractivity contribution in [3.63, 3.8) is 0 Å². The summed E-state index contributed by atoms with van der Waals surface area (Å²) in [5.41, 5.74) is 3.86. The second kappa shape index (κ2) is 11.4. The Balaban J connectivity index is 1.86. The molecule has 2 atom stereocenters. The molecule has 1 amide bonds.